The summed E-state index contributed by atoms with van der Waals surface area (Å²) in [4.78, 5) is 35.7. The highest BCUT2D eigenvalue weighted by atomic mass is 35.5. The normalized spacial score (nSPS) is 17.8. The van der Waals surface area contributed by atoms with Gasteiger partial charge >= 0.3 is 18.2 Å². The molecule has 0 aromatic heterocycles. The third-order valence-corrected chi connectivity index (χ3v) is 5.36. The van der Waals surface area contributed by atoms with Crippen LogP contribution in [-0.4, -0.2) is 40.8 Å². The Morgan fingerprint density at radius 3 is 2.44 bits per heavy atom. The van der Waals surface area contributed by atoms with E-state index in [1.165, 1.54) is 31.2 Å². The lowest BCUT2D eigenvalue weighted by Gasteiger charge is -2.24. The van der Waals surface area contributed by atoms with Crippen molar-refractivity contribution < 1.29 is 32.4 Å². The summed E-state index contributed by atoms with van der Waals surface area (Å²) in [5.74, 6) is -0.726. The number of alkyl halides is 3. The number of hydrogen-bond donors (Lipinski definition) is 1. The van der Waals surface area contributed by atoms with Crippen LogP contribution in [0.4, 0.5) is 29.3 Å². The van der Waals surface area contributed by atoms with E-state index >= 15 is 0 Å². The number of rotatable bonds is 5. The lowest BCUT2D eigenvalue weighted by atomic mass is 9.82. The van der Waals surface area contributed by atoms with Crippen molar-refractivity contribution in [2.45, 2.75) is 20.0 Å². The molecule has 9 nitrogen and oxygen atoms in total. The van der Waals surface area contributed by atoms with Crippen molar-refractivity contribution in [3.63, 3.8) is 0 Å². The molecule has 1 aliphatic rings. The number of hydrogen-bond acceptors (Lipinski definition) is 6. The SMILES string of the molecule is CCOC(=O)C1(C)CN(C(=O)Nc2ccc([N+](=O)[O-])cc2)N=C1c1ccc(C(F)(F)F)c(Cl)c1. The molecule has 13 heteroatoms. The van der Waals surface area contributed by atoms with Crippen LogP contribution >= 0.6 is 11.6 Å². The second-order valence-electron chi connectivity index (χ2n) is 7.49. The van der Waals surface area contributed by atoms with Gasteiger partial charge in [-0.05, 0) is 38.1 Å². The highest BCUT2D eigenvalue weighted by Crippen LogP contribution is 2.38. The van der Waals surface area contributed by atoms with Gasteiger partial charge in [-0.2, -0.15) is 18.3 Å². The number of halogens is 4. The summed E-state index contributed by atoms with van der Waals surface area (Å²) in [5, 5.41) is 17.8. The van der Waals surface area contributed by atoms with E-state index in [0.29, 0.717) is 0 Å². The number of nitro groups is 1. The van der Waals surface area contributed by atoms with Crippen LogP contribution < -0.4 is 5.32 Å². The van der Waals surface area contributed by atoms with Gasteiger partial charge in [0.25, 0.3) is 5.69 Å². The fourth-order valence-corrected chi connectivity index (χ4v) is 3.62. The van der Waals surface area contributed by atoms with Gasteiger partial charge < -0.3 is 10.1 Å². The van der Waals surface area contributed by atoms with Crippen LogP contribution in [0, 0.1) is 15.5 Å². The first-order valence-electron chi connectivity index (χ1n) is 9.83. The minimum Gasteiger partial charge on any atom is -0.465 e. The molecule has 0 saturated carbocycles. The van der Waals surface area contributed by atoms with Crippen molar-refractivity contribution in [2.75, 3.05) is 18.5 Å². The second kappa shape index (κ2) is 9.29. The van der Waals surface area contributed by atoms with Crippen molar-refractivity contribution in [2.24, 2.45) is 10.5 Å². The number of esters is 1. The van der Waals surface area contributed by atoms with Crippen LogP contribution in [0.2, 0.25) is 5.02 Å². The van der Waals surface area contributed by atoms with Gasteiger partial charge in [-0.1, -0.05) is 17.7 Å². The summed E-state index contributed by atoms with van der Waals surface area (Å²) < 4.78 is 44.4. The number of urea groups is 1. The Labute approximate surface area is 196 Å². The molecular formula is C21H18ClF3N4O5. The van der Waals surface area contributed by atoms with Crippen LogP contribution in [0.25, 0.3) is 0 Å². The van der Waals surface area contributed by atoms with Gasteiger partial charge in [-0.25, -0.2) is 9.80 Å². The maximum atomic E-state index is 13.1. The Kier molecular flexibility index (Phi) is 6.82. The van der Waals surface area contributed by atoms with Gasteiger partial charge in [0.1, 0.15) is 5.41 Å². The number of carbonyl (C=O) groups excluding carboxylic acids is 2. The topological polar surface area (TPSA) is 114 Å². The molecule has 1 atom stereocenters. The molecule has 0 saturated heterocycles. The Morgan fingerprint density at radius 2 is 1.91 bits per heavy atom. The van der Waals surface area contributed by atoms with E-state index in [-0.39, 0.29) is 35.8 Å². The van der Waals surface area contributed by atoms with E-state index in [2.05, 4.69) is 10.4 Å². The summed E-state index contributed by atoms with van der Waals surface area (Å²) in [6, 6.07) is 7.17. The van der Waals surface area contributed by atoms with Gasteiger partial charge in [-0.15, -0.1) is 0 Å². The molecule has 180 valence electrons. The Morgan fingerprint density at radius 1 is 1.26 bits per heavy atom. The minimum absolute atomic E-state index is 0.000393. The highest BCUT2D eigenvalue weighted by Gasteiger charge is 2.49. The summed E-state index contributed by atoms with van der Waals surface area (Å²) in [7, 11) is 0. The lowest BCUT2D eigenvalue weighted by Crippen LogP contribution is -2.42. The maximum absolute atomic E-state index is 13.1. The second-order valence-corrected chi connectivity index (χ2v) is 7.89. The zero-order chi connectivity index (χ0) is 25.3. The number of anilines is 1. The first-order chi connectivity index (χ1) is 15.9. The molecule has 1 aliphatic heterocycles. The van der Waals surface area contributed by atoms with E-state index in [1.54, 1.807) is 6.92 Å². The van der Waals surface area contributed by atoms with Crippen LogP contribution in [-0.2, 0) is 15.7 Å². The number of hydrazone groups is 1. The number of carbonyl (C=O) groups is 2. The predicted octanol–water partition coefficient (Wildman–Crippen LogP) is 5.09. The van der Waals surface area contributed by atoms with Crippen molar-refractivity contribution in [1.82, 2.24) is 5.01 Å². The van der Waals surface area contributed by atoms with Crippen molar-refractivity contribution in [1.29, 1.82) is 0 Å². The summed E-state index contributed by atoms with van der Waals surface area (Å²) in [5.41, 5.74) is -2.38. The third-order valence-electron chi connectivity index (χ3n) is 5.05. The van der Waals surface area contributed by atoms with Gasteiger partial charge in [0.05, 0.1) is 34.4 Å². The third kappa shape index (κ3) is 4.96. The molecule has 34 heavy (non-hydrogen) atoms. The first kappa shape index (κ1) is 25.0. The predicted molar refractivity (Wildman–Crippen MR) is 117 cm³/mol. The van der Waals surface area contributed by atoms with Crippen molar-refractivity contribution in [3.05, 3.63) is 68.7 Å². The van der Waals surface area contributed by atoms with Crippen LogP contribution in [0.1, 0.15) is 25.0 Å². The smallest absolute Gasteiger partial charge is 0.417 e. The molecule has 0 aliphatic carbocycles. The van der Waals surface area contributed by atoms with Gasteiger partial charge in [0.2, 0.25) is 0 Å². The molecule has 1 heterocycles. The van der Waals surface area contributed by atoms with E-state index in [0.717, 1.165) is 23.2 Å². The zero-order valence-electron chi connectivity index (χ0n) is 17.9. The van der Waals surface area contributed by atoms with Crippen molar-refractivity contribution >= 4 is 40.7 Å². The number of nitro benzene ring substituents is 1. The molecule has 1 N–H and O–H groups in total. The number of nitrogens with zero attached hydrogens (tertiary/aromatic N) is 3. The number of benzene rings is 2. The Bertz CT molecular complexity index is 1170. The van der Waals surface area contributed by atoms with E-state index in [4.69, 9.17) is 16.3 Å². The van der Waals surface area contributed by atoms with Crippen molar-refractivity contribution in [3.8, 4) is 0 Å². The van der Waals surface area contributed by atoms with Crippen LogP contribution in [0.3, 0.4) is 0 Å². The lowest BCUT2D eigenvalue weighted by molar-refractivity contribution is -0.384. The largest absolute Gasteiger partial charge is 0.465 e. The molecule has 0 radical (unpaired) electrons. The maximum Gasteiger partial charge on any atom is 0.417 e. The molecule has 0 bridgehead atoms. The fraction of sp³-hybridized carbons (Fsp3) is 0.286. The molecule has 1 unspecified atom stereocenters. The number of nitrogens with one attached hydrogen (secondary N) is 1. The monoisotopic (exact) mass is 498 g/mol. The average molecular weight is 499 g/mol. The molecular weight excluding hydrogens is 481 g/mol. The van der Waals surface area contributed by atoms with Gasteiger partial charge in [-0.3, -0.25) is 14.9 Å². The number of non-ortho nitro benzene ring substituents is 1. The van der Waals surface area contributed by atoms with E-state index in [9.17, 15) is 32.9 Å². The molecule has 0 spiro atoms. The van der Waals surface area contributed by atoms with Crippen LogP contribution in [0.5, 0.6) is 0 Å². The quantitative estimate of drug-likeness (QED) is 0.350. The molecule has 2 aromatic rings. The fourth-order valence-electron chi connectivity index (χ4n) is 3.33. The summed E-state index contributed by atoms with van der Waals surface area (Å²) in [6.07, 6.45) is -4.67. The number of amides is 2. The average Bonchev–Trinajstić information content (AvgIpc) is 3.12. The minimum atomic E-state index is -4.67. The van der Waals surface area contributed by atoms with E-state index in [1.807, 2.05) is 0 Å². The van der Waals surface area contributed by atoms with Gasteiger partial charge in [0.15, 0.2) is 0 Å². The summed E-state index contributed by atoms with van der Waals surface area (Å²) in [6.45, 7) is 2.80. The van der Waals surface area contributed by atoms with Crippen LogP contribution in [0.15, 0.2) is 47.6 Å². The number of ether oxygens (including phenoxy) is 1. The molecule has 0 fully saturated rings. The highest BCUT2D eigenvalue weighted by molar-refractivity contribution is 6.32. The summed E-state index contributed by atoms with van der Waals surface area (Å²) >= 11 is 5.84. The molecule has 3 rings (SSSR count). The zero-order valence-corrected chi connectivity index (χ0v) is 18.6. The Balaban J connectivity index is 1.94. The molecule has 2 amide bonds. The standard InChI is InChI=1S/C21H18ClF3N4O5/c1-3-34-18(30)20(2)11-28(19(31)26-13-5-7-14(8-6-13)29(32)33)27-17(20)12-4-9-15(16(22)10-12)21(23,24)25/h4-10H,3,11H2,1-2H3,(H,26,31). The first-order valence-corrected chi connectivity index (χ1v) is 10.2. The Hall–Kier alpha value is -3.67. The molecule has 2 aromatic carbocycles. The van der Waals surface area contributed by atoms with E-state index < -0.39 is 39.1 Å². The van der Waals surface area contributed by atoms with Gasteiger partial charge in [0, 0.05) is 23.4 Å².